The first-order chi connectivity index (χ1) is 12.6. The van der Waals surface area contributed by atoms with Gasteiger partial charge in [-0.3, -0.25) is 14.4 Å². The number of para-hydroxylation sites is 2. The number of fused-ring (bicyclic) bond motifs is 1. The number of amides is 2. The van der Waals surface area contributed by atoms with Gasteiger partial charge in [-0.25, -0.2) is 4.98 Å². The van der Waals surface area contributed by atoms with E-state index in [1.54, 1.807) is 11.5 Å². The average Bonchev–Trinajstić information content (AvgIpc) is 3.04. The lowest BCUT2D eigenvalue weighted by Crippen LogP contribution is -2.32. The van der Waals surface area contributed by atoms with Crippen LogP contribution in [0.2, 0.25) is 0 Å². The number of hydrogen-bond acceptors (Lipinski definition) is 4. The molecule has 0 unspecified atom stereocenters. The molecule has 2 amide bonds. The summed E-state index contributed by atoms with van der Waals surface area (Å²) < 4.78 is 1.61. The molecule has 1 fully saturated rings. The van der Waals surface area contributed by atoms with E-state index in [2.05, 4.69) is 10.3 Å². The van der Waals surface area contributed by atoms with E-state index in [-0.39, 0.29) is 23.8 Å². The van der Waals surface area contributed by atoms with Gasteiger partial charge in [0.05, 0.1) is 11.0 Å². The highest BCUT2D eigenvalue weighted by Crippen LogP contribution is 2.11. The number of likely N-dealkylation sites (tertiary alicyclic amines) is 1. The van der Waals surface area contributed by atoms with E-state index in [1.807, 2.05) is 29.2 Å². The van der Waals surface area contributed by atoms with Crippen molar-refractivity contribution < 1.29 is 9.59 Å². The first-order valence-electron chi connectivity index (χ1n) is 9.07. The predicted molar refractivity (Wildman–Crippen MR) is 98.8 cm³/mol. The van der Waals surface area contributed by atoms with Crippen LogP contribution in [-0.4, -0.2) is 45.9 Å². The maximum Gasteiger partial charge on any atom is 0.272 e. The molecule has 0 spiro atoms. The monoisotopic (exact) mass is 356 g/mol. The van der Waals surface area contributed by atoms with Crippen molar-refractivity contribution in [3.63, 3.8) is 0 Å². The van der Waals surface area contributed by atoms with Crippen molar-refractivity contribution in [3.05, 3.63) is 40.3 Å². The molecule has 26 heavy (non-hydrogen) atoms. The van der Waals surface area contributed by atoms with Crippen molar-refractivity contribution in [3.8, 4) is 0 Å². The molecular weight excluding hydrogens is 332 g/mol. The third kappa shape index (κ3) is 4.09. The van der Waals surface area contributed by atoms with Crippen LogP contribution in [-0.2, 0) is 16.1 Å². The van der Waals surface area contributed by atoms with Crippen LogP contribution in [0.5, 0.6) is 0 Å². The Morgan fingerprint density at radius 1 is 1.23 bits per heavy atom. The summed E-state index contributed by atoms with van der Waals surface area (Å²) in [5, 5.41) is 2.87. The normalized spacial score (nSPS) is 14.2. The number of carbonyl (C=O) groups excluding carboxylic acids is 2. The van der Waals surface area contributed by atoms with Gasteiger partial charge in [-0.15, -0.1) is 0 Å². The maximum absolute atomic E-state index is 12.4. The minimum atomic E-state index is -0.163. The van der Waals surface area contributed by atoms with Crippen molar-refractivity contribution in [2.75, 3.05) is 19.6 Å². The zero-order valence-corrected chi connectivity index (χ0v) is 15.0. The first kappa shape index (κ1) is 18.1. The molecule has 7 heteroatoms. The Hall–Kier alpha value is -2.70. The van der Waals surface area contributed by atoms with E-state index in [1.165, 1.54) is 0 Å². The van der Waals surface area contributed by atoms with Crippen molar-refractivity contribution in [2.45, 2.75) is 39.2 Å². The Bertz CT molecular complexity index is 875. The smallest absolute Gasteiger partial charge is 0.272 e. The Kier molecular flexibility index (Phi) is 5.65. The van der Waals surface area contributed by atoms with Gasteiger partial charge in [-0.2, -0.15) is 0 Å². The van der Waals surface area contributed by atoms with Gasteiger partial charge < -0.3 is 14.8 Å². The van der Waals surface area contributed by atoms with E-state index < -0.39 is 0 Å². The highest BCUT2D eigenvalue weighted by atomic mass is 16.2. The van der Waals surface area contributed by atoms with Crippen LogP contribution in [0.1, 0.15) is 31.4 Å². The molecule has 2 heterocycles. The van der Waals surface area contributed by atoms with E-state index in [0.29, 0.717) is 31.7 Å². The van der Waals surface area contributed by atoms with Gasteiger partial charge in [0, 0.05) is 39.0 Å². The summed E-state index contributed by atoms with van der Waals surface area (Å²) in [4.78, 5) is 42.1. The fraction of sp³-hybridized carbons (Fsp3) is 0.474. The molecule has 3 rings (SSSR count). The summed E-state index contributed by atoms with van der Waals surface area (Å²) in [5.74, 6) is 0.110. The minimum Gasteiger partial charge on any atom is -0.356 e. The van der Waals surface area contributed by atoms with Gasteiger partial charge in [-0.05, 0) is 31.9 Å². The standard InChI is InChI=1S/C19H24N4O3/c1-14-19(26)23(16-7-3-2-6-15(16)21-14)13-9-17(24)20-10-5-12-22-11-4-8-18(22)25/h2-3,6-7H,4-5,8-13H2,1H3,(H,20,24). The number of nitrogens with one attached hydrogen (secondary N) is 1. The van der Waals surface area contributed by atoms with Gasteiger partial charge in [0.1, 0.15) is 5.69 Å². The number of hydrogen-bond donors (Lipinski definition) is 1. The minimum absolute atomic E-state index is 0.0943. The van der Waals surface area contributed by atoms with Crippen molar-refractivity contribution in [2.24, 2.45) is 0 Å². The van der Waals surface area contributed by atoms with Crippen molar-refractivity contribution >= 4 is 22.8 Å². The third-order valence-corrected chi connectivity index (χ3v) is 4.68. The van der Waals surface area contributed by atoms with Crippen LogP contribution in [0.25, 0.3) is 11.0 Å². The van der Waals surface area contributed by atoms with Crippen LogP contribution >= 0.6 is 0 Å². The molecule has 0 bridgehead atoms. The zero-order chi connectivity index (χ0) is 18.5. The summed E-state index contributed by atoms with van der Waals surface area (Å²) in [5.41, 5.74) is 1.76. The predicted octanol–water partition coefficient (Wildman–Crippen LogP) is 1.22. The number of rotatable bonds is 7. The topological polar surface area (TPSA) is 84.3 Å². The molecule has 0 atom stereocenters. The fourth-order valence-corrected chi connectivity index (χ4v) is 3.28. The van der Waals surface area contributed by atoms with Gasteiger partial charge in [0.25, 0.3) is 5.56 Å². The van der Waals surface area contributed by atoms with Crippen LogP contribution in [0.4, 0.5) is 0 Å². The summed E-state index contributed by atoms with van der Waals surface area (Å²) in [6.07, 6.45) is 2.55. The highest BCUT2D eigenvalue weighted by Gasteiger charge is 2.19. The summed E-state index contributed by atoms with van der Waals surface area (Å²) in [6, 6.07) is 7.43. The second kappa shape index (κ2) is 8.12. The van der Waals surface area contributed by atoms with E-state index in [4.69, 9.17) is 0 Å². The Labute approximate surface area is 152 Å². The summed E-state index contributed by atoms with van der Waals surface area (Å²) in [7, 11) is 0. The van der Waals surface area contributed by atoms with Crippen LogP contribution < -0.4 is 10.9 Å². The van der Waals surface area contributed by atoms with Gasteiger partial charge in [0.2, 0.25) is 11.8 Å². The molecule has 0 aliphatic carbocycles. The summed E-state index contributed by atoms with van der Waals surface area (Å²) >= 11 is 0. The molecule has 0 saturated carbocycles. The molecule has 0 radical (unpaired) electrons. The van der Waals surface area contributed by atoms with Crippen molar-refractivity contribution in [1.29, 1.82) is 0 Å². The summed E-state index contributed by atoms with van der Waals surface area (Å²) in [6.45, 7) is 4.05. The van der Waals surface area contributed by atoms with Crippen molar-refractivity contribution in [1.82, 2.24) is 19.8 Å². The molecule has 1 saturated heterocycles. The molecular formula is C19H24N4O3. The SMILES string of the molecule is Cc1nc2ccccc2n(CCC(=O)NCCCN2CCCC2=O)c1=O. The lowest BCUT2D eigenvalue weighted by atomic mass is 10.2. The van der Waals surface area contributed by atoms with E-state index >= 15 is 0 Å². The quantitative estimate of drug-likeness (QED) is 0.756. The average molecular weight is 356 g/mol. The van der Waals surface area contributed by atoms with Crippen LogP contribution in [0.3, 0.4) is 0 Å². The Morgan fingerprint density at radius 2 is 2.04 bits per heavy atom. The highest BCUT2D eigenvalue weighted by molar-refractivity contribution is 5.78. The number of nitrogens with zero attached hydrogens (tertiary/aromatic N) is 3. The molecule has 2 aromatic rings. The molecule has 1 aliphatic rings. The first-order valence-corrected chi connectivity index (χ1v) is 9.07. The molecule has 138 valence electrons. The Balaban J connectivity index is 1.52. The van der Waals surface area contributed by atoms with E-state index in [9.17, 15) is 14.4 Å². The van der Waals surface area contributed by atoms with Gasteiger partial charge in [-0.1, -0.05) is 12.1 Å². The second-order valence-corrected chi connectivity index (χ2v) is 6.58. The lowest BCUT2D eigenvalue weighted by molar-refractivity contribution is -0.127. The molecule has 7 nitrogen and oxygen atoms in total. The largest absolute Gasteiger partial charge is 0.356 e. The van der Waals surface area contributed by atoms with Gasteiger partial charge in [0.15, 0.2) is 0 Å². The molecule has 1 aliphatic heterocycles. The second-order valence-electron chi connectivity index (χ2n) is 6.58. The number of carbonyl (C=O) groups is 2. The maximum atomic E-state index is 12.4. The fourth-order valence-electron chi connectivity index (χ4n) is 3.28. The number of aromatic nitrogens is 2. The third-order valence-electron chi connectivity index (χ3n) is 4.68. The zero-order valence-electron chi connectivity index (χ0n) is 15.0. The van der Waals surface area contributed by atoms with Gasteiger partial charge >= 0.3 is 0 Å². The number of aryl methyl sites for hydroxylation is 2. The molecule has 1 N–H and O–H groups in total. The van der Waals surface area contributed by atoms with E-state index in [0.717, 1.165) is 30.4 Å². The number of benzene rings is 1. The Morgan fingerprint density at radius 3 is 2.81 bits per heavy atom. The lowest BCUT2D eigenvalue weighted by Gasteiger charge is -2.15. The molecule has 1 aromatic heterocycles. The van der Waals surface area contributed by atoms with Crippen LogP contribution in [0, 0.1) is 6.92 Å². The molecule has 1 aromatic carbocycles. The van der Waals surface area contributed by atoms with Crippen LogP contribution in [0.15, 0.2) is 29.1 Å².